The summed E-state index contributed by atoms with van der Waals surface area (Å²) in [4.78, 5) is 0. The molecular formula is C7H12O4. The van der Waals surface area contributed by atoms with Crippen LogP contribution in [0.15, 0.2) is 0 Å². The van der Waals surface area contributed by atoms with Crippen molar-refractivity contribution in [3.63, 3.8) is 0 Å². The molecule has 0 aromatic rings. The van der Waals surface area contributed by atoms with Crippen molar-refractivity contribution in [1.29, 1.82) is 0 Å². The minimum absolute atomic E-state index is 0.00264. The van der Waals surface area contributed by atoms with E-state index in [9.17, 15) is 5.11 Å². The van der Waals surface area contributed by atoms with Gasteiger partial charge >= 0.3 is 0 Å². The third kappa shape index (κ3) is 1.06. The van der Waals surface area contributed by atoms with Crippen LogP contribution in [0, 0.1) is 0 Å². The van der Waals surface area contributed by atoms with Crippen LogP contribution >= 0.6 is 0 Å². The van der Waals surface area contributed by atoms with Crippen LogP contribution < -0.4 is 0 Å². The fourth-order valence-corrected chi connectivity index (χ4v) is 1.65. The van der Waals surface area contributed by atoms with Crippen LogP contribution in [-0.4, -0.2) is 49.8 Å². The lowest BCUT2D eigenvalue weighted by Crippen LogP contribution is -2.32. The molecule has 4 heteroatoms. The van der Waals surface area contributed by atoms with Gasteiger partial charge in [-0.05, 0) is 0 Å². The third-order valence-electron chi connectivity index (χ3n) is 2.28. The number of aliphatic hydroxyl groups excluding tert-OH is 1. The monoisotopic (exact) mass is 160 g/mol. The van der Waals surface area contributed by atoms with Crippen LogP contribution in [0.1, 0.15) is 0 Å². The number of ether oxygens (including phenoxy) is 3. The smallest absolute Gasteiger partial charge is 0.115 e. The first kappa shape index (κ1) is 7.49. The van der Waals surface area contributed by atoms with Crippen molar-refractivity contribution in [1.82, 2.24) is 0 Å². The number of rotatable bonds is 1. The van der Waals surface area contributed by atoms with Gasteiger partial charge in [-0.25, -0.2) is 0 Å². The molecule has 2 heterocycles. The van der Waals surface area contributed by atoms with Crippen molar-refractivity contribution in [3.05, 3.63) is 0 Å². The summed E-state index contributed by atoms with van der Waals surface area (Å²) >= 11 is 0. The molecule has 0 aromatic heterocycles. The van der Waals surface area contributed by atoms with E-state index in [0.717, 1.165) is 0 Å². The lowest BCUT2D eigenvalue weighted by atomic mass is 10.1. The van der Waals surface area contributed by atoms with E-state index in [1.54, 1.807) is 7.11 Å². The Morgan fingerprint density at radius 2 is 2.00 bits per heavy atom. The van der Waals surface area contributed by atoms with Gasteiger partial charge in [0, 0.05) is 7.11 Å². The summed E-state index contributed by atoms with van der Waals surface area (Å²) in [5.74, 6) is 0. The minimum atomic E-state index is -0.472. The zero-order valence-electron chi connectivity index (χ0n) is 6.40. The molecule has 2 fully saturated rings. The summed E-state index contributed by atoms with van der Waals surface area (Å²) in [6.45, 7) is 0.901. The Morgan fingerprint density at radius 3 is 2.73 bits per heavy atom. The molecule has 0 saturated carbocycles. The molecule has 1 N–H and O–H groups in total. The molecular weight excluding hydrogens is 148 g/mol. The molecule has 0 amide bonds. The second-order valence-corrected chi connectivity index (χ2v) is 2.94. The molecule has 4 atom stereocenters. The number of aliphatic hydroxyl groups is 1. The summed E-state index contributed by atoms with van der Waals surface area (Å²) in [7, 11) is 1.63. The highest BCUT2D eigenvalue weighted by Gasteiger charge is 2.47. The highest BCUT2D eigenvalue weighted by Crippen LogP contribution is 2.28. The van der Waals surface area contributed by atoms with Crippen LogP contribution in [0.25, 0.3) is 0 Å². The number of methoxy groups -OCH3 is 1. The van der Waals surface area contributed by atoms with E-state index in [0.29, 0.717) is 13.2 Å². The summed E-state index contributed by atoms with van der Waals surface area (Å²) < 4.78 is 15.7. The molecule has 2 rings (SSSR count). The van der Waals surface area contributed by atoms with Crippen molar-refractivity contribution in [2.75, 3.05) is 20.3 Å². The first-order valence-electron chi connectivity index (χ1n) is 3.77. The molecule has 4 nitrogen and oxygen atoms in total. The molecule has 0 aromatic carbocycles. The van der Waals surface area contributed by atoms with Crippen molar-refractivity contribution in [2.45, 2.75) is 24.4 Å². The van der Waals surface area contributed by atoms with Crippen LogP contribution in [0.4, 0.5) is 0 Å². The lowest BCUT2D eigenvalue weighted by molar-refractivity contribution is -0.0168. The van der Waals surface area contributed by atoms with Crippen LogP contribution in [0.5, 0.6) is 0 Å². The predicted molar refractivity (Wildman–Crippen MR) is 36.3 cm³/mol. The van der Waals surface area contributed by atoms with Crippen molar-refractivity contribution in [3.8, 4) is 0 Å². The quantitative estimate of drug-likeness (QED) is 0.543. The third-order valence-corrected chi connectivity index (χ3v) is 2.28. The fraction of sp³-hybridized carbons (Fsp3) is 1.00. The topological polar surface area (TPSA) is 47.9 Å². The Hall–Kier alpha value is -0.160. The molecule has 0 aliphatic carbocycles. The second kappa shape index (κ2) is 2.71. The van der Waals surface area contributed by atoms with Gasteiger partial charge in [-0.1, -0.05) is 0 Å². The molecule has 0 bridgehead atoms. The summed E-state index contributed by atoms with van der Waals surface area (Å²) in [5, 5.41) is 9.31. The normalized spacial score (nSPS) is 49.6. The molecule has 2 saturated heterocycles. The Morgan fingerprint density at radius 1 is 1.27 bits per heavy atom. The van der Waals surface area contributed by atoms with Crippen molar-refractivity contribution >= 4 is 0 Å². The summed E-state index contributed by atoms with van der Waals surface area (Å²) in [6.07, 6.45) is -0.702. The van der Waals surface area contributed by atoms with Gasteiger partial charge in [-0.2, -0.15) is 0 Å². The zero-order chi connectivity index (χ0) is 7.84. The molecule has 0 spiro atoms. The van der Waals surface area contributed by atoms with E-state index in [2.05, 4.69) is 0 Å². The zero-order valence-corrected chi connectivity index (χ0v) is 6.40. The molecule has 3 unspecified atom stereocenters. The average molecular weight is 160 g/mol. The van der Waals surface area contributed by atoms with E-state index >= 15 is 0 Å². The Kier molecular flexibility index (Phi) is 1.85. The van der Waals surface area contributed by atoms with Gasteiger partial charge in [0.2, 0.25) is 0 Å². The minimum Gasteiger partial charge on any atom is -0.388 e. The van der Waals surface area contributed by atoms with Crippen LogP contribution in [0.3, 0.4) is 0 Å². The molecule has 2 aliphatic heterocycles. The SMILES string of the molecule is COC1CO[C@@H]2C(O)COC12. The van der Waals surface area contributed by atoms with Gasteiger partial charge in [0.1, 0.15) is 24.4 Å². The summed E-state index contributed by atoms with van der Waals surface area (Å²) in [5.41, 5.74) is 0. The van der Waals surface area contributed by atoms with Gasteiger partial charge in [0.05, 0.1) is 13.2 Å². The molecule has 0 radical (unpaired) electrons. The van der Waals surface area contributed by atoms with E-state index < -0.39 is 6.10 Å². The van der Waals surface area contributed by atoms with E-state index in [-0.39, 0.29) is 18.3 Å². The van der Waals surface area contributed by atoms with Crippen molar-refractivity contribution in [2.24, 2.45) is 0 Å². The molecule has 11 heavy (non-hydrogen) atoms. The standard InChI is InChI=1S/C7H12O4/c1-9-5-3-11-6-4(8)2-10-7(5)6/h4-8H,2-3H2,1H3/t4?,5?,6-,7?/m1/s1. The Bertz CT molecular complexity index is 149. The highest BCUT2D eigenvalue weighted by atomic mass is 16.6. The number of fused-ring (bicyclic) bond motifs is 1. The van der Waals surface area contributed by atoms with Gasteiger partial charge < -0.3 is 19.3 Å². The van der Waals surface area contributed by atoms with E-state index in [4.69, 9.17) is 14.2 Å². The fourth-order valence-electron chi connectivity index (χ4n) is 1.65. The second-order valence-electron chi connectivity index (χ2n) is 2.94. The van der Waals surface area contributed by atoms with Crippen LogP contribution in [-0.2, 0) is 14.2 Å². The Labute approximate surface area is 65.1 Å². The highest BCUT2D eigenvalue weighted by molar-refractivity contribution is 4.94. The van der Waals surface area contributed by atoms with Gasteiger partial charge in [0.25, 0.3) is 0 Å². The maximum absolute atomic E-state index is 9.31. The molecule has 2 aliphatic rings. The largest absolute Gasteiger partial charge is 0.388 e. The first-order chi connectivity index (χ1) is 5.33. The van der Waals surface area contributed by atoms with Gasteiger partial charge in [0.15, 0.2) is 0 Å². The summed E-state index contributed by atoms with van der Waals surface area (Å²) in [6, 6.07) is 0. The Balaban J connectivity index is 2.04. The van der Waals surface area contributed by atoms with Gasteiger partial charge in [-0.3, -0.25) is 0 Å². The number of hydrogen-bond donors (Lipinski definition) is 1. The first-order valence-corrected chi connectivity index (χ1v) is 3.77. The lowest BCUT2D eigenvalue weighted by Gasteiger charge is -2.12. The van der Waals surface area contributed by atoms with E-state index in [1.165, 1.54) is 0 Å². The number of hydrogen-bond acceptors (Lipinski definition) is 4. The van der Waals surface area contributed by atoms with E-state index in [1.807, 2.05) is 0 Å². The maximum Gasteiger partial charge on any atom is 0.115 e. The molecule has 64 valence electrons. The predicted octanol–water partition coefficient (Wildman–Crippen LogP) is -0.840. The van der Waals surface area contributed by atoms with Crippen LogP contribution in [0.2, 0.25) is 0 Å². The van der Waals surface area contributed by atoms with Gasteiger partial charge in [-0.15, -0.1) is 0 Å². The average Bonchev–Trinajstić information content (AvgIpc) is 2.53. The maximum atomic E-state index is 9.31. The van der Waals surface area contributed by atoms with Crippen molar-refractivity contribution < 1.29 is 19.3 Å².